The number of hydrogen-bond donors (Lipinski definition) is 0. The molecule has 1 atom stereocenters. The highest BCUT2D eigenvalue weighted by atomic mass is 16.2. The van der Waals surface area contributed by atoms with E-state index >= 15 is 0 Å². The summed E-state index contributed by atoms with van der Waals surface area (Å²) in [4.78, 5) is 12.7. The van der Waals surface area contributed by atoms with Crippen molar-refractivity contribution < 1.29 is 4.79 Å². The van der Waals surface area contributed by atoms with Crippen molar-refractivity contribution in [3.63, 3.8) is 0 Å². The highest BCUT2D eigenvalue weighted by Gasteiger charge is 2.56. The average molecular weight is 310 g/mol. The molecule has 1 aromatic carbocycles. The van der Waals surface area contributed by atoms with Crippen LogP contribution in [0.1, 0.15) is 44.6 Å². The molecule has 122 valence electrons. The van der Waals surface area contributed by atoms with E-state index in [1.54, 1.807) is 0 Å². The van der Waals surface area contributed by atoms with Gasteiger partial charge in [-0.2, -0.15) is 0 Å². The minimum Gasteiger partial charge on any atom is -0.272 e. The number of amides is 1. The SMILES string of the molecule is CC1C(=O)N(C2C3CC4CC(C3)CC2C4)N1Cc1ccccc1. The molecular formula is C20H26N2O. The number of nitrogens with zero attached hydrogens (tertiary/aromatic N) is 2. The van der Waals surface area contributed by atoms with Crippen LogP contribution in [0.3, 0.4) is 0 Å². The average Bonchev–Trinajstić information content (AvgIpc) is 2.56. The van der Waals surface area contributed by atoms with E-state index < -0.39 is 0 Å². The standard InChI is InChI=1S/C20H26N2O/c1-13-20(23)22(21(13)12-14-5-3-2-4-6-14)19-17-8-15-7-16(10-17)11-18(19)9-15/h2-6,13,15-19H,7-12H2,1H3. The van der Waals surface area contributed by atoms with Crippen LogP contribution in [0, 0.1) is 23.7 Å². The van der Waals surface area contributed by atoms with E-state index in [1.165, 1.54) is 37.7 Å². The maximum absolute atomic E-state index is 12.7. The smallest absolute Gasteiger partial charge is 0.256 e. The summed E-state index contributed by atoms with van der Waals surface area (Å²) in [5.41, 5.74) is 1.31. The molecule has 3 nitrogen and oxygen atoms in total. The summed E-state index contributed by atoms with van der Waals surface area (Å²) in [6.07, 6.45) is 6.95. The predicted molar refractivity (Wildman–Crippen MR) is 89.1 cm³/mol. The van der Waals surface area contributed by atoms with Gasteiger partial charge in [-0.05, 0) is 68.3 Å². The third-order valence-corrected chi connectivity index (χ3v) is 6.95. The Morgan fingerprint density at radius 2 is 1.57 bits per heavy atom. The normalized spacial score (nSPS) is 42.1. The van der Waals surface area contributed by atoms with Gasteiger partial charge in [0.2, 0.25) is 0 Å². The van der Waals surface area contributed by atoms with Crippen molar-refractivity contribution in [2.24, 2.45) is 23.7 Å². The number of carbonyl (C=O) groups is 1. The Labute approximate surface area is 138 Å². The Kier molecular flexibility index (Phi) is 3.09. The molecule has 4 bridgehead atoms. The van der Waals surface area contributed by atoms with Crippen molar-refractivity contribution in [2.45, 2.75) is 57.7 Å². The van der Waals surface area contributed by atoms with E-state index in [2.05, 4.69) is 47.3 Å². The van der Waals surface area contributed by atoms with Gasteiger partial charge in [0.05, 0.1) is 6.04 Å². The van der Waals surface area contributed by atoms with E-state index in [0.717, 1.165) is 30.2 Å². The highest BCUT2D eigenvalue weighted by Crippen LogP contribution is 2.56. The van der Waals surface area contributed by atoms with Crippen molar-refractivity contribution in [3.05, 3.63) is 35.9 Å². The first-order valence-corrected chi connectivity index (χ1v) is 9.34. The quantitative estimate of drug-likeness (QED) is 0.853. The van der Waals surface area contributed by atoms with Crippen molar-refractivity contribution in [2.75, 3.05) is 0 Å². The third kappa shape index (κ3) is 2.09. The Morgan fingerprint density at radius 1 is 0.957 bits per heavy atom. The molecule has 6 rings (SSSR count). The molecule has 0 spiro atoms. The summed E-state index contributed by atoms with van der Waals surface area (Å²) in [5, 5.41) is 4.52. The lowest BCUT2D eigenvalue weighted by molar-refractivity contribution is -0.229. The summed E-state index contributed by atoms with van der Waals surface area (Å²) < 4.78 is 0. The number of rotatable bonds is 3. The Hall–Kier alpha value is -1.35. The van der Waals surface area contributed by atoms with Gasteiger partial charge in [0.1, 0.15) is 6.04 Å². The van der Waals surface area contributed by atoms with Gasteiger partial charge in [-0.1, -0.05) is 30.3 Å². The zero-order valence-electron chi connectivity index (χ0n) is 13.9. The lowest BCUT2D eigenvalue weighted by Crippen LogP contribution is -2.73. The van der Waals surface area contributed by atoms with Crippen LogP contribution in [-0.4, -0.2) is 28.0 Å². The van der Waals surface area contributed by atoms with Gasteiger partial charge >= 0.3 is 0 Å². The van der Waals surface area contributed by atoms with E-state index in [-0.39, 0.29) is 6.04 Å². The van der Waals surface area contributed by atoms with E-state index in [9.17, 15) is 4.79 Å². The molecule has 1 heterocycles. The molecule has 5 aliphatic rings. The Bertz CT molecular complexity index is 585. The van der Waals surface area contributed by atoms with Crippen LogP contribution >= 0.6 is 0 Å². The molecule has 0 aromatic heterocycles. The fourth-order valence-electron chi connectivity index (χ4n) is 6.17. The van der Waals surface area contributed by atoms with Crippen LogP contribution in [0.4, 0.5) is 0 Å². The summed E-state index contributed by atoms with van der Waals surface area (Å²) >= 11 is 0. The monoisotopic (exact) mass is 310 g/mol. The lowest BCUT2D eigenvalue weighted by atomic mass is 9.54. The molecule has 23 heavy (non-hydrogen) atoms. The molecule has 1 saturated heterocycles. The summed E-state index contributed by atoms with van der Waals surface area (Å²) in [5.74, 6) is 3.82. The largest absolute Gasteiger partial charge is 0.272 e. The minimum atomic E-state index is 0.0485. The molecule has 1 aliphatic heterocycles. The molecular weight excluding hydrogens is 284 g/mol. The molecule has 5 fully saturated rings. The zero-order valence-corrected chi connectivity index (χ0v) is 13.9. The molecule has 3 heteroatoms. The second-order valence-electron chi connectivity index (χ2n) is 8.36. The third-order valence-electron chi connectivity index (χ3n) is 6.95. The maximum atomic E-state index is 12.7. The fraction of sp³-hybridized carbons (Fsp3) is 0.650. The second-order valence-corrected chi connectivity index (χ2v) is 8.36. The number of hydrogen-bond acceptors (Lipinski definition) is 2. The van der Waals surface area contributed by atoms with Gasteiger partial charge in [-0.15, -0.1) is 0 Å². The Morgan fingerprint density at radius 3 is 2.17 bits per heavy atom. The minimum absolute atomic E-state index is 0.0485. The number of hydrazine groups is 1. The van der Waals surface area contributed by atoms with Gasteiger partial charge in [-0.3, -0.25) is 9.80 Å². The topological polar surface area (TPSA) is 23.6 Å². The fourth-order valence-corrected chi connectivity index (χ4v) is 6.17. The lowest BCUT2D eigenvalue weighted by Gasteiger charge is -2.62. The maximum Gasteiger partial charge on any atom is 0.256 e. The van der Waals surface area contributed by atoms with Crippen LogP contribution in [0.15, 0.2) is 30.3 Å². The van der Waals surface area contributed by atoms with E-state index in [0.29, 0.717) is 11.9 Å². The second kappa shape index (κ2) is 5.07. The molecule has 0 N–H and O–H groups in total. The van der Waals surface area contributed by atoms with Gasteiger partial charge in [-0.25, -0.2) is 5.01 Å². The number of benzene rings is 1. The summed E-state index contributed by atoms with van der Waals surface area (Å²) in [7, 11) is 0. The summed E-state index contributed by atoms with van der Waals surface area (Å²) in [6, 6.07) is 11.1. The molecule has 1 unspecified atom stereocenters. The van der Waals surface area contributed by atoms with Gasteiger partial charge in [0.25, 0.3) is 5.91 Å². The first kappa shape index (κ1) is 14.0. The van der Waals surface area contributed by atoms with Crippen LogP contribution in [0.5, 0.6) is 0 Å². The van der Waals surface area contributed by atoms with Crippen molar-refractivity contribution >= 4 is 5.91 Å². The summed E-state index contributed by atoms with van der Waals surface area (Å²) in [6.45, 7) is 2.94. The van der Waals surface area contributed by atoms with Crippen LogP contribution in [0.25, 0.3) is 0 Å². The molecule has 0 radical (unpaired) electrons. The molecule has 4 saturated carbocycles. The molecule has 4 aliphatic carbocycles. The van der Waals surface area contributed by atoms with E-state index in [4.69, 9.17) is 0 Å². The van der Waals surface area contributed by atoms with Crippen molar-refractivity contribution in [1.29, 1.82) is 0 Å². The molecule has 1 aromatic rings. The van der Waals surface area contributed by atoms with Gasteiger partial charge in [0.15, 0.2) is 0 Å². The number of carbonyl (C=O) groups excluding carboxylic acids is 1. The van der Waals surface area contributed by atoms with Crippen LogP contribution < -0.4 is 0 Å². The van der Waals surface area contributed by atoms with Crippen LogP contribution in [0.2, 0.25) is 0 Å². The van der Waals surface area contributed by atoms with Crippen molar-refractivity contribution in [1.82, 2.24) is 10.0 Å². The zero-order chi connectivity index (χ0) is 15.6. The highest BCUT2D eigenvalue weighted by molar-refractivity contribution is 5.86. The van der Waals surface area contributed by atoms with Gasteiger partial charge in [0, 0.05) is 6.54 Å². The van der Waals surface area contributed by atoms with Crippen molar-refractivity contribution in [3.8, 4) is 0 Å². The van der Waals surface area contributed by atoms with Gasteiger partial charge < -0.3 is 0 Å². The predicted octanol–water partition coefficient (Wildman–Crippen LogP) is 3.46. The molecule has 1 amide bonds. The first-order valence-electron chi connectivity index (χ1n) is 9.34. The van der Waals surface area contributed by atoms with E-state index in [1.807, 2.05) is 0 Å². The van der Waals surface area contributed by atoms with Crippen LogP contribution in [-0.2, 0) is 11.3 Å². The first-order chi connectivity index (χ1) is 11.2. The Balaban J connectivity index is 1.39.